The van der Waals surface area contributed by atoms with Crippen molar-refractivity contribution in [2.75, 3.05) is 5.73 Å². The summed E-state index contributed by atoms with van der Waals surface area (Å²) in [6.07, 6.45) is 0. The van der Waals surface area contributed by atoms with Gasteiger partial charge >= 0.3 is 0 Å². The van der Waals surface area contributed by atoms with Crippen molar-refractivity contribution in [1.29, 1.82) is 0 Å². The second-order valence-electron chi connectivity index (χ2n) is 3.75. The van der Waals surface area contributed by atoms with E-state index < -0.39 is 0 Å². The minimum Gasteiger partial charge on any atom is -0.489 e. The predicted molar refractivity (Wildman–Crippen MR) is 79.3 cm³/mol. The van der Waals surface area contributed by atoms with Gasteiger partial charge in [0.2, 0.25) is 0 Å². The van der Waals surface area contributed by atoms with E-state index in [4.69, 9.17) is 33.7 Å². The minimum atomic E-state index is 0.411. The van der Waals surface area contributed by atoms with E-state index in [-0.39, 0.29) is 0 Å². The van der Waals surface area contributed by atoms with E-state index in [9.17, 15) is 0 Å². The molecular formula is C13H10BrCl2NO. The summed E-state index contributed by atoms with van der Waals surface area (Å²) in [6.45, 7) is 0.411. The summed E-state index contributed by atoms with van der Waals surface area (Å²) < 4.78 is 6.48. The molecule has 0 aliphatic heterocycles. The monoisotopic (exact) mass is 345 g/mol. The van der Waals surface area contributed by atoms with Crippen molar-refractivity contribution < 1.29 is 4.74 Å². The lowest BCUT2D eigenvalue weighted by atomic mass is 10.2. The second-order valence-corrected chi connectivity index (χ2v) is 5.48. The molecule has 0 heterocycles. The molecule has 0 aromatic heterocycles. The maximum Gasteiger partial charge on any atom is 0.122 e. The Morgan fingerprint density at radius 3 is 2.33 bits per heavy atom. The molecule has 0 bridgehead atoms. The van der Waals surface area contributed by atoms with Crippen LogP contribution in [0.4, 0.5) is 5.69 Å². The van der Waals surface area contributed by atoms with Crippen molar-refractivity contribution in [1.82, 2.24) is 0 Å². The van der Waals surface area contributed by atoms with Gasteiger partial charge in [0, 0.05) is 20.2 Å². The van der Waals surface area contributed by atoms with Crippen LogP contribution in [0.25, 0.3) is 0 Å². The summed E-state index contributed by atoms with van der Waals surface area (Å²) in [4.78, 5) is 0. The van der Waals surface area contributed by atoms with Crippen molar-refractivity contribution in [3.05, 3.63) is 56.5 Å². The summed E-state index contributed by atoms with van der Waals surface area (Å²) in [5.74, 6) is 0.633. The molecule has 2 nitrogen and oxygen atoms in total. The Bertz CT molecular complexity index is 555. The first-order valence-electron chi connectivity index (χ1n) is 5.17. The molecule has 2 aromatic carbocycles. The molecule has 2 rings (SSSR count). The highest BCUT2D eigenvalue weighted by atomic mass is 79.9. The molecular weight excluding hydrogens is 337 g/mol. The molecule has 0 atom stereocenters. The smallest absolute Gasteiger partial charge is 0.122 e. The highest BCUT2D eigenvalue weighted by Crippen LogP contribution is 2.25. The van der Waals surface area contributed by atoms with Crippen molar-refractivity contribution in [2.45, 2.75) is 6.61 Å². The third-order valence-corrected chi connectivity index (χ3v) is 3.46. The summed E-state index contributed by atoms with van der Waals surface area (Å²) in [6, 6.07) is 10.8. The van der Waals surface area contributed by atoms with E-state index >= 15 is 0 Å². The fourth-order valence-electron chi connectivity index (χ4n) is 1.46. The highest BCUT2D eigenvalue weighted by molar-refractivity contribution is 9.10. The lowest BCUT2D eigenvalue weighted by Gasteiger charge is -2.08. The number of nitrogen functional groups attached to an aromatic ring is 1. The third kappa shape index (κ3) is 3.55. The van der Waals surface area contributed by atoms with Crippen molar-refractivity contribution in [2.24, 2.45) is 0 Å². The average Bonchev–Trinajstić information content (AvgIpc) is 2.29. The van der Waals surface area contributed by atoms with Gasteiger partial charge in [-0.3, -0.25) is 0 Å². The van der Waals surface area contributed by atoms with Crippen LogP contribution in [-0.2, 0) is 6.61 Å². The van der Waals surface area contributed by atoms with Gasteiger partial charge in [0.25, 0.3) is 0 Å². The van der Waals surface area contributed by atoms with Gasteiger partial charge in [-0.05, 0) is 51.8 Å². The standard InChI is InChI=1S/C13H10BrCl2NO/c14-12-2-1-8(3-13(12)17)7-18-11-5-9(15)4-10(16)6-11/h1-6H,7,17H2. The van der Waals surface area contributed by atoms with Gasteiger partial charge in [-0.15, -0.1) is 0 Å². The number of halogens is 3. The molecule has 2 N–H and O–H groups in total. The Hall–Kier alpha value is -0.900. The van der Waals surface area contributed by atoms with Crippen LogP contribution >= 0.6 is 39.1 Å². The van der Waals surface area contributed by atoms with Gasteiger partial charge in [-0.1, -0.05) is 29.3 Å². The van der Waals surface area contributed by atoms with Crippen LogP contribution in [0.1, 0.15) is 5.56 Å². The maximum absolute atomic E-state index is 5.89. The van der Waals surface area contributed by atoms with Gasteiger partial charge in [0.15, 0.2) is 0 Å². The number of benzene rings is 2. The number of hydrogen-bond acceptors (Lipinski definition) is 2. The number of anilines is 1. The number of rotatable bonds is 3. The Morgan fingerprint density at radius 2 is 1.72 bits per heavy atom. The molecule has 94 valence electrons. The van der Waals surface area contributed by atoms with Crippen LogP contribution in [0.15, 0.2) is 40.9 Å². The fraction of sp³-hybridized carbons (Fsp3) is 0.0769. The van der Waals surface area contributed by atoms with Crippen LogP contribution in [-0.4, -0.2) is 0 Å². The lowest BCUT2D eigenvalue weighted by molar-refractivity contribution is 0.306. The summed E-state index contributed by atoms with van der Waals surface area (Å²) in [5, 5.41) is 1.10. The first-order valence-corrected chi connectivity index (χ1v) is 6.72. The first-order chi connectivity index (χ1) is 8.54. The van der Waals surface area contributed by atoms with Gasteiger partial charge in [0.1, 0.15) is 12.4 Å². The van der Waals surface area contributed by atoms with E-state index in [0.717, 1.165) is 10.0 Å². The molecule has 0 spiro atoms. The third-order valence-electron chi connectivity index (χ3n) is 2.30. The second kappa shape index (κ2) is 5.83. The molecule has 0 saturated heterocycles. The Kier molecular flexibility index (Phi) is 4.38. The van der Waals surface area contributed by atoms with Crippen LogP contribution in [0.2, 0.25) is 10.0 Å². The number of ether oxygens (including phenoxy) is 1. The van der Waals surface area contributed by atoms with Crippen LogP contribution in [0.3, 0.4) is 0 Å². The Balaban J connectivity index is 2.08. The largest absolute Gasteiger partial charge is 0.489 e. The summed E-state index contributed by atoms with van der Waals surface area (Å²) in [5.41, 5.74) is 7.45. The molecule has 0 aliphatic rings. The van der Waals surface area contributed by atoms with Gasteiger partial charge < -0.3 is 10.5 Å². The molecule has 18 heavy (non-hydrogen) atoms. The van der Waals surface area contributed by atoms with Crippen molar-refractivity contribution in [3.8, 4) is 5.75 Å². The SMILES string of the molecule is Nc1cc(COc2cc(Cl)cc(Cl)c2)ccc1Br. The van der Waals surface area contributed by atoms with Crippen molar-refractivity contribution >= 4 is 44.8 Å². The van der Waals surface area contributed by atoms with Gasteiger partial charge in [-0.25, -0.2) is 0 Å². The average molecular weight is 347 g/mol. The van der Waals surface area contributed by atoms with E-state index in [1.165, 1.54) is 0 Å². The first kappa shape index (κ1) is 13.5. The lowest BCUT2D eigenvalue weighted by Crippen LogP contribution is -1.97. The van der Waals surface area contributed by atoms with E-state index in [1.54, 1.807) is 18.2 Å². The highest BCUT2D eigenvalue weighted by Gasteiger charge is 2.02. The van der Waals surface area contributed by atoms with Crippen LogP contribution in [0, 0.1) is 0 Å². The molecule has 0 unspecified atom stereocenters. The Morgan fingerprint density at radius 1 is 1.06 bits per heavy atom. The fourth-order valence-corrected chi connectivity index (χ4v) is 2.21. The summed E-state index contributed by atoms with van der Waals surface area (Å²) in [7, 11) is 0. The molecule has 0 radical (unpaired) electrons. The van der Waals surface area contributed by atoms with Gasteiger partial charge in [0.05, 0.1) is 0 Å². The molecule has 0 fully saturated rings. The number of nitrogens with two attached hydrogens (primary N) is 1. The van der Waals surface area contributed by atoms with E-state index in [0.29, 0.717) is 28.1 Å². The van der Waals surface area contributed by atoms with E-state index in [2.05, 4.69) is 15.9 Å². The maximum atomic E-state index is 5.89. The summed E-state index contributed by atoms with van der Waals surface area (Å²) >= 11 is 15.1. The molecule has 0 amide bonds. The normalized spacial score (nSPS) is 10.4. The molecule has 5 heteroatoms. The molecule has 0 aliphatic carbocycles. The van der Waals surface area contributed by atoms with Crippen LogP contribution in [0.5, 0.6) is 5.75 Å². The quantitative estimate of drug-likeness (QED) is 0.801. The predicted octanol–water partition coefficient (Wildman–Crippen LogP) is 4.92. The Labute approximate surface area is 124 Å². The zero-order valence-electron chi connectivity index (χ0n) is 9.29. The zero-order chi connectivity index (χ0) is 13.1. The van der Waals surface area contributed by atoms with E-state index in [1.807, 2.05) is 18.2 Å². The zero-order valence-corrected chi connectivity index (χ0v) is 12.4. The van der Waals surface area contributed by atoms with Crippen molar-refractivity contribution in [3.63, 3.8) is 0 Å². The number of hydrogen-bond donors (Lipinski definition) is 1. The minimum absolute atomic E-state index is 0.411. The van der Waals surface area contributed by atoms with Crippen LogP contribution < -0.4 is 10.5 Å². The van der Waals surface area contributed by atoms with Gasteiger partial charge in [-0.2, -0.15) is 0 Å². The molecule has 0 saturated carbocycles. The molecule has 2 aromatic rings. The topological polar surface area (TPSA) is 35.2 Å².